The zero-order valence-electron chi connectivity index (χ0n) is 19.6. The summed E-state index contributed by atoms with van der Waals surface area (Å²) in [6.45, 7) is 4.62. The van der Waals surface area contributed by atoms with E-state index in [4.69, 9.17) is 9.47 Å². The molecule has 0 amide bonds. The van der Waals surface area contributed by atoms with Crippen molar-refractivity contribution in [2.45, 2.75) is 108 Å². The number of carboxylic acid groups (broad SMARTS) is 1. The molecule has 0 spiro atoms. The fourth-order valence-corrected chi connectivity index (χ4v) is 8.47. The molecule has 0 bridgehead atoms. The van der Waals surface area contributed by atoms with E-state index in [0.717, 1.165) is 57.8 Å². The highest BCUT2D eigenvalue weighted by Gasteiger charge is 2.60. The molecule has 4 saturated carbocycles. The van der Waals surface area contributed by atoms with Crippen molar-refractivity contribution in [1.82, 2.24) is 0 Å². The maximum absolute atomic E-state index is 12.6. The highest BCUT2D eigenvalue weighted by atomic mass is 16.7. The summed E-state index contributed by atoms with van der Waals surface area (Å²) in [4.78, 5) is 24.0. The predicted octanol–water partition coefficient (Wildman–Crippen LogP) is 1.88. The number of rotatable bonds is 3. The first-order valence-corrected chi connectivity index (χ1v) is 12.7. The van der Waals surface area contributed by atoms with Gasteiger partial charge in [-0.3, -0.25) is 4.79 Å². The van der Waals surface area contributed by atoms with E-state index < -0.39 is 36.7 Å². The zero-order chi connectivity index (χ0) is 23.7. The molecule has 8 heteroatoms. The largest absolute Gasteiger partial charge is 0.479 e. The molecule has 5 aliphatic rings. The van der Waals surface area contributed by atoms with Gasteiger partial charge >= 0.3 is 5.97 Å². The van der Waals surface area contributed by atoms with E-state index >= 15 is 0 Å². The van der Waals surface area contributed by atoms with Gasteiger partial charge < -0.3 is 29.9 Å². The van der Waals surface area contributed by atoms with Crippen molar-refractivity contribution in [3.8, 4) is 0 Å². The lowest BCUT2D eigenvalue weighted by Crippen LogP contribution is -2.61. The van der Waals surface area contributed by atoms with Gasteiger partial charge in [0, 0.05) is 11.8 Å². The molecule has 12 atom stereocenters. The van der Waals surface area contributed by atoms with Gasteiger partial charge in [0.15, 0.2) is 12.4 Å². The summed E-state index contributed by atoms with van der Waals surface area (Å²) in [5.41, 5.74) is 0.0757. The van der Waals surface area contributed by atoms with Crippen molar-refractivity contribution in [2.75, 3.05) is 0 Å². The van der Waals surface area contributed by atoms with Gasteiger partial charge in [0.05, 0.1) is 6.10 Å². The smallest absolute Gasteiger partial charge is 0.335 e. The van der Waals surface area contributed by atoms with Gasteiger partial charge in [-0.1, -0.05) is 13.8 Å². The molecular weight excluding hydrogens is 428 g/mol. The Morgan fingerprint density at radius 1 is 0.970 bits per heavy atom. The first kappa shape index (κ1) is 23.7. The molecule has 5 rings (SSSR count). The first-order chi connectivity index (χ1) is 15.6. The molecule has 33 heavy (non-hydrogen) atoms. The minimum Gasteiger partial charge on any atom is -0.479 e. The number of Topliss-reactive ketones (excluding diaryl/α,β-unsaturated/α-hetero) is 1. The summed E-state index contributed by atoms with van der Waals surface area (Å²) in [7, 11) is 0. The van der Waals surface area contributed by atoms with Crippen molar-refractivity contribution in [1.29, 1.82) is 0 Å². The van der Waals surface area contributed by atoms with Gasteiger partial charge in [-0.15, -0.1) is 0 Å². The van der Waals surface area contributed by atoms with Crippen LogP contribution >= 0.6 is 0 Å². The normalized spacial score (nSPS) is 54.3. The highest BCUT2D eigenvalue weighted by Crippen LogP contribution is 2.65. The number of hydrogen-bond acceptors (Lipinski definition) is 7. The molecule has 0 aromatic rings. The van der Waals surface area contributed by atoms with Gasteiger partial charge in [-0.05, 0) is 80.5 Å². The summed E-state index contributed by atoms with van der Waals surface area (Å²) in [5, 5.41) is 39.6. The van der Waals surface area contributed by atoms with Crippen molar-refractivity contribution >= 4 is 11.8 Å². The van der Waals surface area contributed by atoms with Crippen LogP contribution in [0.4, 0.5) is 0 Å². The van der Waals surface area contributed by atoms with E-state index in [-0.39, 0.29) is 16.9 Å². The SMILES string of the molecule is C[C@]12CC[C@@H](O[C@H]3O[C@H](C(=O)O)[C@@H](O)[C@H](O)[C@H]3O)C[C@@H]1CC[C@H]1[C@H]2CC[C@]2(C)C(=O)CC[C@@H]12. The van der Waals surface area contributed by atoms with E-state index in [1.807, 2.05) is 0 Å². The van der Waals surface area contributed by atoms with Crippen LogP contribution in [0.2, 0.25) is 0 Å². The molecule has 0 aromatic carbocycles. The Balaban J connectivity index is 1.26. The van der Waals surface area contributed by atoms with Crippen molar-refractivity contribution in [2.24, 2.45) is 34.5 Å². The molecular formula is C25H38O8. The van der Waals surface area contributed by atoms with Crippen LogP contribution in [-0.4, -0.2) is 69.0 Å². The Hall–Kier alpha value is -1.06. The van der Waals surface area contributed by atoms with Crippen LogP contribution in [0.3, 0.4) is 0 Å². The molecule has 4 aliphatic carbocycles. The summed E-state index contributed by atoms with van der Waals surface area (Å²) in [5.74, 6) is 1.28. The molecule has 1 heterocycles. The fraction of sp³-hybridized carbons (Fsp3) is 0.920. The maximum atomic E-state index is 12.6. The lowest BCUT2D eigenvalue weighted by Gasteiger charge is -2.60. The highest BCUT2D eigenvalue weighted by molar-refractivity contribution is 5.87. The molecule has 0 aromatic heterocycles. The van der Waals surface area contributed by atoms with Crippen LogP contribution in [-0.2, 0) is 19.1 Å². The number of carbonyl (C=O) groups excluding carboxylic acids is 1. The van der Waals surface area contributed by atoms with Crippen LogP contribution in [0.1, 0.15) is 71.6 Å². The van der Waals surface area contributed by atoms with Gasteiger partial charge in [0.1, 0.15) is 24.1 Å². The number of hydrogen-bond donors (Lipinski definition) is 4. The Morgan fingerprint density at radius 2 is 1.73 bits per heavy atom. The second-order valence-corrected chi connectivity index (χ2v) is 11.8. The number of ketones is 1. The third-order valence-corrected chi connectivity index (χ3v) is 10.5. The van der Waals surface area contributed by atoms with E-state index in [2.05, 4.69) is 13.8 Å². The number of aliphatic hydroxyl groups excluding tert-OH is 3. The zero-order valence-corrected chi connectivity index (χ0v) is 19.6. The van der Waals surface area contributed by atoms with Gasteiger partial charge in [0.25, 0.3) is 0 Å². The van der Waals surface area contributed by atoms with Crippen LogP contribution in [0.25, 0.3) is 0 Å². The fourth-order valence-electron chi connectivity index (χ4n) is 8.47. The minimum absolute atomic E-state index is 0.120. The van der Waals surface area contributed by atoms with Crippen LogP contribution < -0.4 is 0 Å². The standard InChI is InChI=1S/C25H38O8/c1-24-9-7-13(32-23-20(29)18(27)19(28)21(33-23)22(30)31)11-12(24)3-4-14-15-5-6-17(26)25(15,2)10-8-16(14)24/h12-16,18-21,23,27-29H,3-11H2,1-2H3,(H,30,31)/t12-,13+,14+,15-,16+,18-,19-,20+,21-,23-,24-,25-/m0/s1. The van der Waals surface area contributed by atoms with Gasteiger partial charge in [-0.2, -0.15) is 0 Å². The molecule has 1 aliphatic heterocycles. The average Bonchev–Trinajstić information content (AvgIpc) is 3.08. The number of aliphatic hydroxyl groups is 3. The first-order valence-electron chi connectivity index (χ1n) is 12.7. The average molecular weight is 467 g/mol. The molecule has 8 nitrogen and oxygen atoms in total. The van der Waals surface area contributed by atoms with Gasteiger partial charge in [-0.25, -0.2) is 4.79 Å². The lowest BCUT2D eigenvalue weighted by atomic mass is 9.45. The number of carbonyl (C=O) groups is 2. The number of carboxylic acids is 1. The van der Waals surface area contributed by atoms with Crippen LogP contribution in [0.15, 0.2) is 0 Å². The third-order valence-electron chi connectivity index (χ3n) is 10.5. The predicted molar refractivity (Wildman–Crippen MR) is 116 cm³/mol. The number of ether oxygens (including phenoxy) is 2. The second kappa shape index (κ2) is 8.26. The molecule has 0 unspecified atom stereocenters. The Kier molecular flexibility index (Phi) is 5.93. The van der Waals surface area contributed by atoms with Crippen molar-refractivity contribution in [3.63, 3.8) is 0 Å². The monoisotopic (exact) mass is 466 g/mol. The topological polar surface area (TPSA) is 134 Å². The van der Waals surface area contributed by atoms with Gasteiger partial charge in [0.2, 0.25) is 0 Å². The Morgan fingerprint density at radius 3 is 2.45 bits per heavy atom. The van der Waals surface area contributed by atoms with E-state index in [1.54, 1.807) is 0 Å². The Bertz CT molecular complexity index is 801. The Labute approximate surface area is 194 Å². The van der Waals surface area contributed by atoms with Crippen LogP contribution in [0, 0.1) is 34.5 Å². The third kappa shape index (κ3) is 3.59. The minimum atomic E-state index is -1.71. The molecule has 5 fully saturated rings. The molecule has 186 valence electrons. The van der Waals surface area contributed by atoms with E-state index in [0.29, 0.717) is 29.5 Å². The molecule has 4 N–H and O–H groups in total. The van der Waals surface area contributed by atoms with Crippen LogP contribution in [0.5, 0.6) is 0 Å². The summed E-state index contributed by atoms with van der Waals surface area (Å²) in [6, 6.07) is 0. The molecule has 1 saturated heterocycles. The van der Waals surface area contributed by atoms with Crippen molar-refractivity contribution < 1.29 is 39.5 Å². The number of fused-ring (bicyclic) bond motifs is 5. The second-order valence-electron chi connectivity index (χ2n) is 11.8. The summed E-state index contributed by atoms with van der Waals surface area (Å²) < 4.78 is 11.4. The van der Waals surface area contributed by atoms with E-state index in [9.17, 15) is 30.0 Å². The molecule has 0 radical (unpaired) electrons. The lowest BCUT2D eigenvalue weighted by molar-refractivity contribution is -0.309. The van der Waals surface area contributed by atoms with E-state index in [1.165, 1.54) is 0 Å². The summed E-state index contributed by atoms with van der Waals surface area (Å²) in [6.07, 6.45) is 0.719. The maximum Gasteiger partial charge on any atom is 0.335 e. The summed E-state index contributed by atoms with van der Waals surface area (Å²) >= 11 is 0. The van der Waals surface area contributed by atoms with Crippen molar-refractivity contribution in [3.05, 3.63) is 0 Å². The quantitative estimate of drug-likeness (QED) is 0.463. The number of aliphatic carboxylic acids is 1.